The number of fused-ring (bicyclic) bond motifs is 1. The number of aryl methyl sites for hydroxylation is 1. The van der Waals surface area contributed by atoms with Crippen molar-refractivity contribution in [1.29, 1.82) is 0 Å². The van der Waals surface area contributed by atoms with E-state index in [0.717, 1.165) is 34.8 Å². The van der Waals surface area contributed by atoms with E-state index in [0.29, 0.717) is 5.92 Å². The summed E-state index contributed by atoms with van der Waals surface area (Å²) < 4.78 is 2.05. The van der Waals surface area contributed by atoms with Gasteiger partial charge in [-0.15, -0.1) is 0 Å². The number of hydrogen-bond acceptors (Lipinski definition) is 4. The zero-order valence-electron chi connectivity index (χ0n) is 12.0. The van der Waals surface area contributed by atoms with Gasteiger partial charge in [-0.25, -0.2) is 9.97 Å². The molecule has 0 amide bonds. The van der Waals surface area contributed by atoms with Crippen LogP contribution >= 0.6 is 11.8 Å². The van der Waals surface area contributed by atoms with Gasteiger partial charge in [0.1, 0.15) is 5.52 Å². The van der Waals surface area contributed by atoms with Gasteiger partial charge in [0.25, 0.3) is 0 Å². The van der Waals surface area contributed by atoms with Crippen LogP contribution in [0.1, 0.15) is 25.8 Å². The van der Waals surface area contributed by atoms with Crippen LogP contribution in [0.25, 0.3) is 11.2 Å². The van der Waals surface area contributed by atoms with E-state index in [-0.39, 0.29) is 5.75 Å². The molecule has 0 aliphatic heterocycles. The van der Waals surface area contributed by atoms with E-state index in [2.05, 4.69) is 23.8 Å². The van der Waals surface area contributed by atoms with Crippen molar-refractivity contribution in [3.63, 3.8) is 0 Å². The number of aromatic nitrogens is 3. The van der Waals surface area contributed by atoms with Crippen molar-refractivity contribution in [2.75, 3.05) is 5.75 Å². The molecular formula is C14H19N3O2S. The monoisotopic (exact) mass is 293 g/mol. The number of pyridine rings is 1. The van der Waals surface area contributed by atoms with Crippen molar-refractivity contribution >= 4 is 28.9 Å². The van der Waals surface area contributed by atoms with Crippen LogP contribution in [0.4, 0.5) is 0 Å². The Hall–Kier alpha value is -1.56. The number of carboxylic acid groups (broad SMARTS) is 1. The van der Waals surface area contributed by atoms with Gasteiger partial charge in [-0.2, -0.15) is 0 Å². The maximum absolute atomic E-state index is 10.8. The molecule has 2 aromatic rings. The summed E-state index contributed by atoms with van der Waals surface area (Å²) in [6.07, 6.45) is 2.84. The highest BCUT2D eigenvalue weighted by Gasteiger charge is 2.16. The second-order valence-corrected chi connectivity index (χ2v) is 5.94. The Morgan fingerprint density at radius 2 is 2.30 bits per heavy atom. The minimum Gasteiger partial charge on any atom is -0.481 e. The quantitative estimate of drug-likeness (QED) is 0.829. The lowest BCUT2D eigenvalue weighted by molar-refractivity contribution is -0.133. The van der Waals surface area contributed by atoms with Crippen molar-refractivity contribution in [2.45, 2.75) is 38.9 Å². The maximum Gasteiger partial charge on any atom is 0.313 e. The largest absolute Gasteiger partial charge is 0.481 e. The molecule has 0 aliphatic carbocycles. The number of thioether (sulfide) groups is 1. The molecule has 0 radical (unpaired) electrons. The number of carboxylic acids is 1. The smallest absolute Gasteiger partial charge is 0.313 e. The first-order chi connectivity index (χ1) is 9.52. The first kappa shape index (κ1) is 14.8. The molecule has 0 spiro atoms. The third-order valence-electron chi connectivity index (χ3n) is 3.32. The lowest BCUT2D eigenvalue weighted by Crippen LogP contribution is -2.09. The molecule has 20 heavy (non-hydrogen) atoms. The minimum absolute atomic E-state index is 0.0167. The van der Waals surface area contributed by atoms with Gasteiger partial charge in [0, 0.05) is 12.7 Å². The molecule has 1 N–H and O–H groups in total. The van der Waals surface area contributed by atoms with E-state index in [1.807, 2.05) is 17.6 Å². The van der Waals surface area contributed by atoms with Crippen LogP contribution in [0.15, 0.2) is 17.4 Å². The summed E-state index contributed by atoms with van der Waals surface area (Å²) in [4.78, 5) is 19.8. The van der Waals surface area contributed by atoms with E-state index in [1.165, 1.54) is 11.8 Å². The van der Waals surface area contributed by atoms with Crippen molar-refractivity contribution in [3.05, 3.63) is 17.8 Å². The van der Waals surface area contributed by atoms with E-state index in [1.54, 1.807) is 6.20 Å². The lowest BCUT2D eigenvalue weighted by Gasteiger charge is -2.12. The third-order valence-corrected chi connectivity index (χ3v) is 4.28. The summed E-state index contributed by atoms with van der Waals surface area (Å²) in [5.41, 5.74) is 2.77. The maximum atomic E-state index is 10.8. The molecule has 108 valence electrons. The Morgan fingerprint density at radius 3 is 2.95 bits per heavy atom. The Labute approximate surface area is 122 Å². The fraction of sp³-hybridized carbons (Fsp3) is 0.500. The zero-order valence-corrected chi connectivity index (χ0v) is 12.8. The number of aliphatic carboxylic acids is 1. The highest BCUT2D eigenvalue weighted by molar-refractivity contribution is 7.99. The summed E-state index contributed by atoms with van der Waals surface area (Å²) in [5, 5.41) is 9.59. The molecule has 0 bridgehead atoms. The van der Waals surface area contributed by atoms with E-state index in [9.17, 15) is 4.79 Å². The van der Waals surface area contributed by atoms with E-state index < -0.39 is 5.97 Å². The number of nitrogens with zero attached hydrogens (tertiary/aromatic N) is 3. The highest BCUT2D eigenvalue weighted by Crippen LogP contribution is 2.26. The van der Waals surface area contributed by atoms with Gasteiger partial charge in [0.05, 0.1) is 5.75 Å². The second kappa shape index (κ2) is 6.26. The Morgan fingerprint density at radius 1 is 1.55 bits per heavy atom. The number of rotatable bonds is 6. The molecule has 6 heteroatoms. The molecule has 0 fully saturated rings. The molecule has 2 rings (SSSR count). The molecule has 0 aromatic carbocycles. The molecule has 1 unspecified atom stereocenters. The Kier molecular flexibility index (Phi) is 4.65. The topological polar surface area (TPSA) is 68.0 Å². The van der Waals surface area contributed by atoms with E-state index in [4.69, 9.17) is 5.11 Å². The average molecular weight is 293 g/mol. The zero-order chi connectivity index (χ0) is 14.7. The van der Waals surface area contributed by atoms with Crippen LogP contribution in [0.2, 0.25) is 0 Å². The standard InChI is InChI=1S/C14H19N3O2S/c1-4-9(2)7-17-13-12(10(3)5-6-15-13)16-14(17)20-8-11(18)19/h5-6,9H,4,7-8H2,1-3H3,(H,18,19). The number of imidazole rings is 1. The molecule has 5 nitrogen and oxygen atoms in total. The molecule has 2 aromatic heterocycles. The van der Waals surface area contributed by atoms with Crippen LogP contribution < -0.4 is 0 Å². The molecule has 0 saturated carbocycles. The van der Waals surface area contributed by atoms with E-state index >= 15 is 0 Å². The number of carbonyl (C=O) groups is 1. The van der Waals surface area contributed by atoms with Crippen LogP contribution in [0.3, 0.4) is 0 Å². The number of hydrogen-bond donors (Lipinski definition) is 1. The van der Waals surface area contributed by atoms with Crippen molar-refractivity contribution < 1.29 is 9.90 Å². The van der Waals surface area contributed by atoms with Gasteiger partial charge < -0.3 is 9.67 Å². The SMILES string of the molecule is CCC(C)Cn1c(SCC(=O)O)nc2c(C)ccnc21. The second-order valence-electron chi connectivity index (χ2n) is 5.00. The normalized spacial score (nSPS) is 12.8. The fourth-order valence-corrected chi connectivity index (χ4v) is 2.69. The molecule has 0 aliphatic rings. The first-order valence-corrected chi connectivity index (χ1v) is 7.68. The van der Waals surface area contributed by atoms with Gasteiger partial charge in [0.15, 0.2) is 10.8 Å². The Balaban J connectivity index is 2.45. The summed E-state index contributed by atoms with van der Waals surface area (Å²) in [6.45, 7) is 7.13. The molecule has 0 saturated heterocycles. The van der Waals surface area contributed by atoms with Crippen LogP contribution in [-0.4, -0.2) is 31.4 Å². The summed E-state index contributed by atoms with van der Waals surface area (Å²) in [7, 11) is 0. The van der Waals surface area contributed by atoms with Crippen LogP contribution in [-0.2, 0) is 11.3 Å². The van der Waals surface area contributed by atoms with Crippen LogP contribution in [0.5, 0.6) is 0 Å². The third kappa shape index (κ3) is 3.12. The van der Waals surface area contributed by atoms with Crippen molar-refractivity contribution in [2.24, 2.45) is 5.92 Å². The summed E-state index contributed by atoms with van der Waals surface area (Å²) in [5.74, 6) is -0.316. The molecule has 2 heterocycles. The predicted octanol–water partition coefficient (Wildman–Crippen LogP) is 2.96. The van der Waals surface area contributed by atoms with Gasteiger partial charge in [-0.05, 0) is 24.5 Å². The van der Waals surface area contributed by atoms with Gasteiger partial charge in [-0.3, -0.25) is 4.79 Å². The summed E-state index contributed by atoms with van der Waals surface area (Å²) in [6, 6.07) is 1.93. The highest BCUT2D eigenvalue weighted by atomic mass is 32.2. The first-order valence-electron chi connectivity index (χ1n) is 6.69. The van der Waals surface area contributed by atoms with Crippen LogP contribution in [0, 0.1) is 12.8 Å². The average Bonchev–Trinajstić information content (AvgIpc) is 2.76. The summed E-state index contributed by atoms with van der Waals surface area (Å²) >= 11 is 1.25. The van der Waals surface area contributed by atoms with Gasteiger partial charge in [0.2, 0.25) is 0 Å². The minimum atomic E-state index is -0.832. The van der Waals surface area contributed by atoms with Crippen molar-refractivity contribution in [1.82, 2.24) is 14.5 Å². The fourth-order valence-electron chi connectivity index (χ4n) is 1.96. The van der Waals surface area contributed by atoms with Crippen molar-refractivity contribution in [3.8, 4) is 0 Å². The Bertz CT molecular complexity index is 624. The lowest BCUT2D eigenvalue weighted by atomic mass is 10.1. The predicted molar refractivity (Wildman–Crippen MR) is 80.1 cm³/mol. The molecule has 1 atom stereocenters. The molecular weight excluding hydrogens is 274 g/mol. The van der Waals surface area contributed by atoms with Gasteiger partial charge in [-0.1, -0.05) is 32.0 Å². The van der Waals surface area contributed by atoms with Gasteiger partial charge >= 0.3 is 5.97 Å².